The number of benzene rings is 1. The monoisotopic (exact) mass is 187 g/mol. The molecule has 1 atom stereocenters. The fourth-order valence-corrected chi connectivity index (χ4v) is 1.71. The van der Waals surface area contributed by atoms with Crippen LogP contribution in [-0.4, -0.2) is 20.2 Å². The Kier molecular flexibility index (Phi) is 1.36. The van der Waals surface area contributed by atoms with E-state index < -0.39 is 0 Å². The number of hydrogen-bond acceptors (Lipinski definition) is 4. The molecule has 0 bridgehead atoms. The lowest BCUT2D eigenvalue weighted by Crippen LogP contribution is -2.20. The first-order valence-electron chi connectivity index (χ1n) is 4.50. The van der Waals surface area contributed by atoms with E-state index in [9.17, 15) is 0 Å². The molecule has 1 aromatic heterocycles. The van der Waals surface area contributed by atoms with Crippen LogP contribution >= 0.6 is 0 Å². The van der Waals surface area contributed by atoms with Crippen molar-refractivity contribution >= 4 is 5.69 Å². The quantitative estimate of drug-likeness (QED) is 0.672. The SMILES string of the molecule is CC1Nc2ccccc2-n2nnnc21. The minimum absolute atomic E-state index is 0.153. The van der Waals surface area contributed by atoms with Gasteiger partial charge in [-0.2, -0.15) is 4.68 Å². The average molecular weight is 187 g/mol. The smallest absolute Gasteiger partial charge is 0.178 e. The zero-order chi connectivity index (χ0) is 9.54. The number of fused-ring (bicyclic) bond motifs is 3. The van der Waals surface area contributed by atoms with Gasteiger partial charge in [0, 0.05) is 0 Å². The molecule has 5 heteroatoms. The molecule has 14 heavy (non-hydrogen) atoms. The highest BCUT2D eigenvalue weighted by Gasteiger charge is 2.22. The van der Waals surface area contributed by atoms with Gasteiger partial charge in [-0.25, -0.2) is 0 Å². The maximum Gasteiger partial charge on any atom is 0.178 e. The second-order valence-corrected chi connectivity index (χ2v) is 3.33. The highest BCUT2D eigenvalue weighted by Crippen LogP contribution is 2.29. The molecule has 0 radical (unpaired) electrons. The van der Waals surface area contributed by atoms with Crippen molar-refractivity contribution in [3.8, 4) is 5.69 Å². The molecule has 0 aliphatic carbocycles. The van der Waals surface area contributed by atoms with E-state index in [1.165, 1.54) is 0 Å². The Bertz CT molecular complexity index is 476. The van der Waals surface area contributed by atoms with E-state index in [2.05, 4.69) is 20.8 Å². The van der Waals surface area contributed by atoms with Gasteiger partial charge < -0.3 is 5.32 Å². The predicted molar refractivity (Wildman–Crippen MR) is 51.2 cm³/mol. The lowest BCUT2D eigenvalue weighted by molar-refractivity contribution is 0.695. The molecule has 1 aromatic carbocycles. The summed E-state index contributed by atoms with van der Waals surface area (Å²) in [5, 5.41) is 15.0. The van der Waals surface area contributed by atoms with Gasteiger partial charge in [-0.05, 0) is 29.5 Å². The second kappa shape index (κ2) is 2.54. The van der Waals surface area contributed by atoms with Crippen LogP contribution in [0.3, 0.4) is 0 Å². The van der Waals surface area contributed by atoms with Gasteiger partial charge in [0.1, 0.15) is 0 Å². The van der Waals surface area contributed by atoms with Crippen molar-refractivity contribution in [3.63, 3.8) is 0 Å². The molecule has 2 heterocycles. The van der Waals surface area contributed by atoms with E-state index in [1.54, 1.807) is 4.68 Å². The summed E-state index contributed by atoms with van der Waals surface area (Å²) in [5.74, 6) is 0.851. The third-order valence-electron chi connectivity index (χ3n) is 2.39. The molecule has 0 amide bonds. The number of aromatic nitrogens is 4. The highest BCUT2D eigenvalue weighted by molar-refractivity contribution is 5.63. The number of nitrogens with one attached hydrogen (secondary N) is 1. The fraction of sp³-hybridized carbons (Fsp3) is 0.222. The third kappa shape index (κ3) is 0.863. The Hall–Kier alpha value is -1.91. The Morgan fingerprint density at radius 1 is 1.36 bits per heavy atom. The topological polar surface area (TPSA) is 55.6 Å². The molecule has 5 nitrogen and oxygen atoms in total. The summed E-state index contributed by atoms with van der Waals surface area (Å²) in [6, 6.07) is 8.14. The van der Waals surface area contributed by atoms with Crippen LogP contribution in [0.15, 0.2) is 24.3 Å². The number of anilines is 1. The first-order valence-corrected chi connectivity index (χ1v) is 4.50. The first-order chi connectivity index (χ1) is 6.86. The number of nitrogens with zero attached hydrogens (tertiary/aromatic N) is 4. The normalized spacial score (nSPS) is 18.2. The molecule has 1 N–H and O–H groups in total. The summed E-state index contributed by atoms with van der Waals surface area (Å²) < 4.78 is 1.77. The van der Waals surface area contributed by atoms with Crippen molar-refractivity contribution in [2.75, 3.05) is 5.32 Å². The van der Waals surface area contributed by atoms with Gasteiger partial charge in [0.05, 0.1) is 17.4 Å². The number of tetrazole rings is 1. The molecule has 0 saturated carbocycles. The van der Waals surface area contributed by atoms with Gasteiger partial charge in [-0.15, -0.1) is 5.10 Å². The van der Waals surface area contributed by atoms with Gasteiger partial charge in [0.25, 0.3) is 0 Å². The number of hydrogen-bond donors (Lipinski definition) is 1. The van der Waals surface area contributed by atoms with Crippen LogP contribution in [0.1, 0.15) is 18.8 Å². The van der Waals surface area contributed by atoms with Gasteiger partial charge in [0.2, 0.25) is 0 Å². The molecular weight excluding hydrogens is 178 g/mol. The molecule has 0 saturated heterocycles. The van der Waals surface area contributed by atoms with Gasteiger partial charge >= 0.3 is 0 Å². The van der Waals surface area contributed by atoms with Crippen LogP contribution in [-0.2, 0) is 0 Å². The largest absolute Gasteiger partial charge is 0.374 e. The second-order valence-electron chi connectivity index (χ2n) is 3.33. The number of rotatable bonds is 0. The van der Waals surface area contributed by atoms with E-state index in [0.717, 1.165) is 17.2 Å². The van der Waals surface area contributed by atoms with Crippen molar-refractivity contribution in [2.24, 2.45) is 0 Å². The van der Waals surface area contributed by atoms with Gasteiger partial charge in [-0.3, -0.25) is 0 Å². The standard InChI is InChI=1S/C9H9N5/c1-6-9-11-12-13-14(9)8-5-3-2-4-7(8)10-6/h2-6,10H,1H3. The molecule has 1 aliphatic rings. The van der Waals surface area contributed by atoms with E-state index in [-0.39, 0.29) is 6.04 Å². The molecule has 3 rings (SSSR count). The van der Waals surface area contributed by atoms with Crippen molar-refractivity contribution in [3.05, 3.63) is 30.1 Å². The fourth-order valence-electron chi connectivity index (χ4n) is 1.71. The minimum atomic E-state index is 0.153. The lowest BCUT2D eigenvalue weighted by Gasteiger charge is -2.22. The van der Waals surface area contributed by atoms with E-state index >= 15 is 0 Å². The Morgan fingerprint density at radius 2 is 2.21 bits per heavy atom. The van der Waals surface area contributed by atoms with Gasteiger partial charge in [-0.1, -0.05) is 12.1 Å². The maximum atomic E-state index is 3.98. The predicted octanol–water partition coefficient (Wildman–Crippen LogP) is 1.15. The van der Waals surface area contributed by atoms with Crippen LogP contribution in [0.4, 0.5) is 5.69 Å². The van der Waals surface area contributed by atoms with Crippen LogP contribution in [0.25, 0.3) is 5.69 Å². The summed E-state index contributed by atoms with van der Waals surface area (Å²) >= 11 is 0. The Balaban J connectivity index is 2.29. The van der Waals surface area contributed by atoms with Crippen molar-refractivity contribution in [1.29, 1.82) is 0 Å². The zero-order valence-corrected chi connectivity index (χ0v) is 7.68. The summed E-state index contributed by atoms with van der Waals surface area (Å²) in [6.07, 6.45) is 0. The number of para-hydroxylation sites is 2. The van der Waals surface area contributed by atoms with Crippen LogP contribution in [0.5, 0.6) is 0 Å². The molecule has 1 unspecified atom stereocenters. The van der Waals surface area contributed by atoms with Crippen molar-refractivity contribution in [1.82, 2.24) is 20.2 Å². The molecule has 1 aliphatic heterocycles. The van der Waals surface area contributed by atoms with Crippen LogP contribution in [0.2, 0.25) is 0 Å². The van der Waals surface area contributed by atoms with Crippen LogP contribution in [0, 0.1) is 0 Å². The average Bonchev–Trinajstić information content (AvgIpc) is 2.67. The van der Waals surface area contributed by atoms with Gasteiger partial charge in [0.15, 0.2) is 5.82 Å². The third-order valence-corrected chi connectivity index (χ3v) is 2.39. The summed E-state index contributed by atoms with van der Waals surface area (Å²) in [7, 11) is 0. The molecule has 2 aromatic rings. The summed E-state index contributed by atoms with van der Waals surface area (Å²) in [4.78, 5) is 0. The lowest BCUT2D eigenvalue weighted by atomic mass is 10.2. The first kappa shape index (κ1) is 7.49. The maximum absolute atomic E-state index is 3.98. The Labute approximate surface area is 80.7 Å². The highest BCUT2D eigenvalue weighted by atomic mass is 15.6. The van der Waals surface area contributed by atoms with E-state index in [1.807, 2.05) is 31.2 Å². The zero-order valence-electron chi connectivity index (χ0n) is 7.68. The molecule has 0 spiro atoms. The van der Waals surface area contributed by atoms with Crippen molar-refractivity contribution < 1.29 is 0 Å². The van der Waals surface area contributed by atoms with Crippen molar-refractivity contribution in [2.45, 2.75) is 13.0 Å². The van der Waals surface area contributed by atoms with E-state index in [0.29, 0.717) is 0 Å². The molecule has 70 valence electrons. The van der Waals surface area contributed by atoms with E-state index in [4.69, 9.17) is 0 Å². The molecule has 0 fully saturated rings. The minimum Gasteiger partial charge on any atom is -0.374 e. The Morgan fingerprint density at radius 3 is 3.14 bits per heavy atom. The van der Waals surface area contributed by atoms with Crippen LogP contribution < -0.4 is 5.32 Å². The summed E-state index contributed by atoms with van der Waals surface area (Å²) in [6.45, 7) is 2.04. The molecular formula is C9H9N5. The summed E-state index contributed by atoms with van der Waals surface area (Å²) in [5.41, 5.74) is 2.07.